The Bertz CT molecular complexity index is 441. The first-order chi connectivity index (χ1) is 10.1. The smallest absolute Gasteiger partial charge is 0.320 e. The minimum atomic E-state index is -0.777. The van der Waals surface area contributed by atoms with Gasteiger partial charge in [0.2, 0.25) is 0 Å². The van der Waals surface area contributed by atoms with Crippen LogP contribution in [0.4, 0.5) is 4.79 Å². The molecule has 0 aromatic carbocycles. The Morgan fingerprint density at radius 2 is 2.14 bits per heavy atom. The summed E-state index contributed by atoms with van der Waals surface area (Å²) in [6, 6.07) is 0.194. The lowest BCUT2D eigenvalue weighted by Crippen LogP contribution is -2.55. The minimum absolute atomic E-state index is 0.00627. The van der Waals surface area contributed by atoms with Crippen molar-refractivity contribution in [3.05, 3.63) is 0 Å². The summed E-state index contributed by atoms with van der Waals surface area (Å²) in [6.45, 7) is 4.01. The molecule has 0 aromatic heterocycles. The standard InChI is InChI=1S/C15H24N2O4/c1-2-15(13(18)19)6-7-16(10-15)14(20)17-8-9-21-12-5-3-4-11(12)17/h11-12H,2-10H2,1H3,(H,18,19). The third-order valence-corrected chi connectivity index (χ3v) is 5.48. The highest BCUT2D eigenvalue weighted by molar-refractivity contribution is 5.80. The van der Waals surface area contributed by atoms with Crippen molar-refractivity contribution in [1.82, 2.24) is 9.80 Å². The maximum atomic E-state index is 12.8. The number of carbonyl (C=O) groups is 2. The summed E-state index contributed by atoms with van der Waals surface area (Å²) in [6.07, 6.45) is 4.45. The first kappa shape index (κ1) is 14.6. The number of amides is 2. The van der Waals surface area contributed by atoms with Crippen molar-refractivity contribution in [2.75, 3.05) is 26.2 Å². The van der Waals surface area contributed by atoms with Gasteiger partial charge in [-0.1, -0.05) is 6.92 Å². The van der Waals surface area contributed by atoms with E-state index < -0.39 is 11.4 Å². The van der Waals surface area contributed by atoms with Crippen molar-refractivity contribution in [3.8, 4) is 0 Å². The van der Waals surface area contributed by atoms with E-state index >= 15 is 0 Å². The zero-order valence-electron chi connectivity index (χ0n) is 12.6. The average Bonchev–Trinajstić information content (AvgIpc) is 3.13. The molecule has 2 saturated heterocycles. The van der Waals surface area contributed by atoms with E-state index in [1.165, 1.54) is 0 Å². The Kier molecular flexibility index (Phi) is 3.82. The maximum absolute atomic E-state index is 12.8. The topological polar surface area (TPSA) is 70.1 Å². The zero-order chi connectivity index (χ0) is 15.0. The molecule has 0 bridgehead atoms. The van der Waals surface area contributed by atoms with E-state index in [0.29, 0.717) is 39.1 Å². The van der Waals surface area contributed by atoms with Gasteiger partial charge in [-0.3, -0.25) is 4.79 Å². The Morgan fingerprint density at radius 1 is 1.33 bits per heavy atom. The number of fused-ring (bicyclic) bond motifs is 1. The maximum Gasteiger partial charge on any atom is 0.320 e. The van der Waals surface area contributed by atoms with Crippen molar-refractivity contribution in [2.45, 2.75) is 51.2 Å². The van der Waals surface area contributed by atoms with Crippen LogP contribution in [0, 0.1) is 5.41 Å². The number of carboxylic acids is 1. The average molecular weight is 296 g/mol. The number of morpholine rings is 1. The lowest BCUT2D eigenvalue weighted by atomic mass is 9.84. The number of hydrogen-bond donors (Lipinski definition) is 1. The summed E-state index contributed by atoms with van der Waals surface area (Å²) in [4.78, 5) is 27.9. The first-order valence-electron chi connectivity index (χ1n) is 7.98. The van der Waals surface area contributed by atoms with Gasteiger partial charge >= 0.3 is 12.0 Å². The third kappa shape index (κ3) is 2.39. The Labute approximate surface area is 125 Å². The van der Waals surface area contributed by atoms with E-state index in [4.69, 9.17) is 4.74 Å². The zero-order valence-corrected chi connectivity index (χ0v) is 12.6. The Hall–Kier alpha value is -1.30. The van der Waals surface area contributed by atoms with Crippen LogP contribution in [0.2, 0.25) is 0 Å². The molecular formula is C15H24N2O4. The SMILES string of the molecule is CCC1(C(=O)O)CCN(C(=O)N2CCOC3CCCC32)C1. The molecule has 3 rings (SSSR count). The highest BCUT2D eigenvalue weighted by Gasteiger charge is 2.47. The second-order valence-electron chi connectivity index (χ2n) is 6.49. The highest BCUT2D eigenvalue weighted by atomic mass is 16.5. The lowest BCUT2D eigenvalue weighted by molar-refractivity contribution is -0.148. The van der Waals surface area contributed by atoms with Gasteiger partial charge in [-0.15, -0.1) is 0 Å². The molecular weight excluding hydrogens is 272 g/mol. The number of urea groups is 1. The molecule has 2 aliphatic heterocycles. The van der Waals surface area contributed by atoms with E-state index in [9.17, 15) is 14.7 Å². The fourth-order valence-corrected chi connectivity index (χ4v) is 3.99. The van der Waals surface area contributed by atoms with Gasteiger partial charge in [-0.05, 0) is 32.1 Å². The Morgan fingerprint density at radius 3 is 2.81 bits per heavy atom. The second-order valence-corrected chi connectivity index (χ2v) is 6.49. The number of hydrogen-bond acceptors (Lipinski definition) is 3. The van der Waals surface area contributed by atoms with Crippen LogP contribution in [-0.2, 0) is 9.53 Å². The summed E-state index contributed by atoms with van der Waals surface area (Å²) >= 11 is 0. The predicted molar refractivity (Wildman–Crippen MR) is 76.0 cm³/mol. The molecule has 1 aliphatic carbocycles. The molecule has 118 valence electrons. The van der Waals surface area contributed by atoms with E-state index in [-0.39, 0.29) is 18.2 Å². The van der Waals surface area contributed by atoms with Gasteiger partial charge in [-0.2, -0.15) is 0 Å². The van der Waals surface area contributed by atoms with Crippen molar-refractivity contribution >= 4 is 12.0 Å². The monoisotopic (exact) mass is 296 g/mol. The van der Waals surface area contributed by atoms with Gasteiger partial charge in [0, 0.05) is 19.6 Å². The number of ether oxygens (including phenoxy) is 1. The van der Waals surface area contributed by atoms with Crippen LogP contribution in [0.15, 0.2) is 0 Å². The molecule has 1 N–H and O–H groups in total. The van der Waals surface area contributed by atoms with Gasteiger partial charge in [0.05, 0.1) is 24.2 Å². The quantitative estimate of drug-likeness (QED) is 0.839. The number of likely N-dealkylation sites (tertiary alicyclic amines) is 1. The van der Waals surface area contributed by atoms with E-state index in [1.54, 1.807) is 4.90 Å². The summed E-state index contributed by atoms with van der Waals surface area (Å²) in [5.41, 5.74) is -0.753. The molecule has 6 nitrogen and oxygen atoms in total. The molecule has 0 spiro atoms. The van der Waals surface area contributed by atoms with E-state index in [2.05, 4.69) is 0 Å². The van der Waals surface area contributed by atoms with Crippen LogP contribution in [0.5, 0.6) is 0 Å². The van der Waals surface area contributed by atoms with Gasteiger partial charge < -0.3 is 19.6 Å². The lowest BCUT2D eigenvalue weighted by Gasteiger charge is -2.39. The molecule has 0 radical (unpaired) electrons. The van der Waals surface area contributed by atoms with Gasteiger partial charge in [-0.25, -0.2) is 4.79 Å². The van der Waals surface area contributed by atoms with Crippen LogP contribution < -0.4 is 0 Å². The molecule has 3 aliphatic rings. The van der Waals surface area contributed by atoms with Gasteiger partial charge in [0.25, 0.3) is 0 Å². The molecule has 3 atom stereocenters. The molecule has 3 unspecified atom stereocenters. The number of aliphatic carboxylic acids is 1. The minimum Gasteiger partial charge on any atom is -0.481 e. The molecule has 0 aromatic rings. The van der Waals surface area contributed by atoms with Crippen molar-refractivity contribution in [2.24, 2.45) is 5.41 Å². The molecule has 1 saturated carbocycles. The molecule has 2 heterocycles. The molecule has 3 fully saturated rings. The number of nitrogens with zero attached hydrogens (tertiary/aromatic N) is 2. The van der Waals surface area contributed by atoms with Crippen LogP contribution in [0.1, 0.15) is 39.0 Å². The summed E-state index contributed by atoms with van der Waals surface area (Å²) < 4.78 is 5.74. The van der Waals surface area contributed by atoms with Gasteiger partial charge in [0.15, 0.2) is 0 Å². The van der Waals surface area contributed by atoms with E-state index in [0.717, 1.165) is 19.3 Å². The van der Waals surface area contributed by atoms with Gasteiger partial charge in [0.1, 0.15) is 0 Å². The van der Waals surface area contributed by atoms with E-state index in [1.807, 2.05) is 11.8 Å². The summed E-state index contributed by atoms with van der Waals surface area (Å²) in [5.74, 6) is -0.777. The van der Waals surface area contributed by atoms with Crippen LogP contribution in [0.25, 0.3) is 0 Å². The number of carbonyl (C=O) groups excluding carboxylic acids is 1. The predicted octanol–water partition coefficient (Wildman–Crippen LogP) is 1.55. The first-order valence-corrected chi connectivity index (χ1v) is 7.98. The summed E-state index contributed by atoms with van der Waals surface area (Å²) in [5, 5.41) is 9.45. The van der Waals surface area contributed by atoms with Crippen LogP contribution in [0.3, 0.4) is 0 Å². The second kappa shape index (κ2) is 5.48. The Balaban J connectivity index is 1.70. The number of rotatable bonds is 2. The normalized spacial score (nSPS) is 35.9. The van der Waals surface area contributed by atoms with Crippen molar-refractivity contribution in [3.63, 3.8) is 0 Å². The highest BCUT2D eigenvalue weighted by Crippen LogP contribution is 2.36. The van der Waals surface area contributed by atoms with Crippen molar-refractivity contribution < 1.29 is 19.4 Å². The molecule has 21 heavy (non-hydrogen) atoms. The summed E-state index contributed by atoms with van der Waals surface area (Å²) in [7, 11) is 0. The fraction of sp³-hybridized carbons (Fsp3) is 0.867. The largest absolute Gasteiger partial charge is 0.481 e. The third-order valence-electron chi connectivity index (χ3n) is 5.48. The number of carboxylic acid groups (broad SMARTS) is 1. The van der Waals surface area contributed by atoms with Crippen LogP contribution in [-0.4, -0.2) is 65.3 Å². The molecule has 6 heteroatoms. The van der Waals surface area contributed by atoms with Crippen LogP contribution >= 0.6 is 0 Å². The van der Waals surface area contributed by atoms with Crippen molar-refractivity contribution in [1.29, 1.82) is 0 Å². The fourth-order valence-electron chi connectivity index (χ4n) is 3.99. The molecule has 2 amide bonds.